The van der Waals surface area contributed by atoms with Gasteiger partial charge in [0.1, 0.15) is 0 Å². The summed E-state index contributed by atoms with van der Waals surface area (Å²) in [7, 11) is 0. The predicted octanol–water partition coefficient (Wildman–Crippen LogP) is 4.70. The van der Waals surface area contributed by atoms with Gasteiger partial charge in [-0.2, -0.15) is 0 Å². The summed E-state index contributed by atoms with van der Waals surface area (Å²) in [5.41, 5.74) is 1.36. The van der Waals surface area contributed by atoms with Crippen LogP contribution in [0.25, 0.3) is 0 Å². The molecule has 2 saturated carbocycles. The third kappa shape index (κ3) is 3.28. The molecule has 2 aliphatic carbocycles. The maximum atomic E-state index is 11.1. The lowest BCUT2D eigenvalue weighted by Gasteiger charge is -2.61. The normalized spacial score (nSPS) is 42.0. The van der Waals surface area contributed by atoms with Gasteiger partial charge in [0, 0.05) is 0 Å². The molecule has 0 heterocycles. The van der Waals surface area contributed by atoms with Crippen LogP contribution in [0.5, 0.6) is 0 Å². The minimum atomic E-state index is -0.543. The lowest BCUT2D eigenvalue weighted by molar-refractivity contribution is -0.168. The van der Waals surface area contributed by atoms with Gasteiger partial charge >= 0.3 is 0 Å². The van der Waals surface area contributed by atoms with Crippen LogP contribution in [0, 0.1) is 22.7 Å². The molecule has 0 amide bonds. The molecule has 22 heavy (non-hydrogen) atoms. The molecule has 128 valence electrons. The van der Waals surface area contributed by atoms with Gasteiger partial charge in [0.05, 0.1) is 12.2 Å². The second-order valence-corrected chi connectivity index (χ2v) is 9.12. The van der Waals surface area contributed by atoms with Crippen molar-refractivity contribution in [2.45, 2.75) is 85.2 Å². The molecule has 0 bridgehead atoms. The van der Waals surface area contributed by atoms with E-state index in [9.17, 15) is 5.11 Å². The van der Waals surface area contributed by atoms with Crippen molar-refractivity contribution in [1.29, 1.82) is 0 Å². The molecule has 0 saturated heterocycles. The summed E-state index contributed by atoms with van der Waals surface area (Å²) in [5, 5.41) is 20.1. The zero-order valence-corrected chi connectivity index (χ0v) is 15.3. The van der Waals surface area contributed by atoms with Gasteiger partial charge in [0.2, 0.25) is 0 Å². The van der Waals surface area contributed by atoms with Crippen molar-refractivity contribution in [3.63, 3.8) is 0 Å². The van der Waals surface area contributed by atoms with Crippen molar-refractivity contribution >= 4 is 0 Å². The molecule has 0 aromatic heterocycles. The van der Waals surface area contributed by atoms with E-state index in [1.807, 2.05) is 6.08 Å². The van der Waals surface area contributed by atoms with E-state index < -0.39 is 5.60 Å². The van der Waals surface area contributed by atoms with E-state index in [0.717, 1.165) is 25.2 Å². The van der Waals surface area contributed by atoms with Crippen molar-refractivity contribution < 1.29 is 10.2 Å². The number of hydrogen-bond donors (Lipinski definition) is 2. The monoisotopic (exact) mass is 308 g/mol. The van der Waals surface area contributed by atoms with Crippen LogP contribution in [-0.2, 0) is 0 Å². The second-order valence-electron chi connectivity index (χ2n) is 9.12. The number of fused-ring (bicyclic) bond motifs is 1. The molecule has 2 aliphatic rings. The molecule has 0 aromatic carbocycles. The van der Waals surface area contributed by atoms with Crippen LogP contribution in [-0.4, -0.2) is 22.4 Å². The number of allylic oxidation sites excluding steroid dienone is 1. The number of aliphatic hydroxyl groups is 2. The topological polar surface area (TPSA) is 40.5 Å². The van der Waals surface area contributed by atoms with Crippen LogP contribution in [0.1, 0.15) is 79.6 Å². The standard InChI is InChI=1S/C20H36O2/c1-15(10-14-21)7-8-17-19(4)12-6-11-18(2,3)16(19)9-13-20(17,5)22/h10,16-17,21-22H,6-9,11-14H2,1-5H3/b15-10+/t16-,17?,19-,20-/m0/s1. The Morgan fingerprint density at radius 1 is 1.14 bits per heavy atom. The minimum absolute atomic E-state index is 0.125. The third-order valence-electron chi connectivity index (χ3n) is 7.03. The van der Waals surface area contributed by atoms with Crippen LogP contribution in [0.3, 0.4) is 0 Å². The average molecular weight is 309 g/mol. The number of aliphatic hydroxyl groups excluding tert-OH is 1. The molecular formula is C20H36O2. The Balaban J connectivity index is 2.24. The van der Waals surface area contributed by atoms with Crippen molar-refractivity contribution in [3.8, 4) is 0 Å². The van der Waals surface area contributed by atoms with Crippen LogP contribution in [0.15, 0.2) is 11.6 Å². The van der Waals surface area contributed by atoms with E-state index in [2.05, 4.69) is 34.6 Å². The largest absolute Gasteiger partial charge is 0.392 e. The molecule has 2 rings (SSSR count). The van der Waals surface area contributed by atoms with E-state index in [-0.39, 0.29) is 12.0 Å². The molecule has 0 aliphatic heterocycles. The van der Waals surface area contributed by atoms with Crippen LogP contribution >= 0.6 is 0 Å². The molecule has 0 spiro atoms. The Bertz CT molecular complexity index is 421. The quantitative estimate of drug-likeness (QED) is 0.739. The molecular weight excluding hydrogens is 272 g/mol. The summed E-state index contributed by atoms with van der Waals surface area (Å²) in [4.78, 5) is 0. The van der Waals surface area contributed by atoms with Crippen LogP contribution < -0.4 is 0 Å². The molecule has 2 N–H and O–H groups in total. The first kappa shape index (κ1) is 18.0. The fraction of sp³-hybridized carbons (Fsp3) is 0.900. The summed E-state index contributed by atoms with van der Waals surface area (Å²) < 4.78 is 0. The molecule has 0 radical (unpaired) electrons. The van der Waals surface area contributed by atoms with E-state index in [1.165, 1.54) is 31.3 Å². The number of hydrogen-bond acceptors (Lipinski definition) is 2. The molecule has 1 unspecified atom stereocenters. The summed E-state index contributed by atoms with van der Waals surface area (Å²) in [6.45, 7) is 11.6. The van der Waals surface area contributed by atoms with Gasteiger partial charge in [0.15, 0.2) is 0 Å². The van der Waals surface area contributed by atoms with Gasteiger partial charge in [-0.3, -0.25) is 0 Å². The molecule has 4 atom stereocenters. The Morgan fingerprint density at radius 3 is 2.45 bits per heavy atom. The lowest BCUT2D eigenvalue weighted by Crippen LogP contribution is -2.57. The molecule has 0 aromatic rings. The number of rotatable bonds is 4. The zero-order valence-electron chi connectivity index (χ0n) is 15.3. The molecule has 2 fully saturated rings. The van der Waals surface area contributed by atoms with Gasteiger partial charge in [-0.25, -0.2) is 0 Å². The van der Waals surface area contributed by atoms with E-state index in [0.29, 0.717) is 11.3 Å². The van der Waals surface area contributed by atoms with Crippen LogP contribution in [0.2, 0.25) is 0 Å². The third-order valence-corrected chi connectivity index (χ3v) is 7.03. The predicted molar refractivity (Wildman–Crippen MR) is 92.7 cm³/mol. The highest BCUT2D eigenvalue weighted by Crippen LogP contribution is 2.62. The minimum Gasteiger partial charge on any atom is -0.392 e. The lowest BCUT2D eigenvalue weighted by atomic mass is 9.45. The highest BCUT2D eigenvalue weighted by atomic mass is 16.3. The summed E-state index contributed by atoms with van der Waals surface area (Å²) >= 11 is 0. The maximum absolute atomic E-state index is 11.1. The highest BCUT2D eigenvalue weighted by Gasteiger charge is 2.57. The Hall–Kier alpha value is -0.340. The second kappa shape index (κ2) is 6.28. The van der Waals surface area contributed by atoms with E-state index in [1.54, 1.807) is 0 Å². The van der Waals surface area contributed by atoms with Gasteiger partial charge < -0.3 is 10.2 Å². The van der Waals surface area contributed by atoms with Gasteiger partial charge in [0.25, 0.3) is 0 Å². The Labute approximate surface area is 137 Å². The average Bonchev–Trinajstić information content (AvgIpc) is 2.36. The first-order chi connectivity index (χ1) is 10.1. The SMILES string of the molecule is C/C(=C\CO)CCC1[C@@](C)(O)CC[C@H]2C(C)(C)CCC[C@]12C. The maximum Gasteiger partial charge on any atom is 0.0653 e. The van der Waals surface area contributed by atoms with Crippen molar-refractivity contribution in [2.75, 3.05) is 6.61 Å². The smallest absolute Gasteiger partial charge is 0.0653 e. The van der Waals surface area contributed by atoms with E-state index >= 15 is 0 Å². The highest BCUT2D eigenvalue weighted by molar-refractivity contribution is 5.09. The van der Waals surface area contributed by atoms with Crippen molar-refractivity contribution in [1.82, 2.24) is 0 Å². The van der Waals surface area contributed by atoms with Crippen molar-refractivity contribution in [2.24, 2.45) is 22.7 Å². The first-order valence-corrected chi connectivity index (χ1v) is 9.12. The summed E-state index contributed by atoms with van der Waals surface area (Å²) in [6, 6.07) is 0. The van der Waals surface area contributed by atoms with Crippen LogP contribution in [0.4, 0.5) is 0 Å². The summed E-state index contributed by atoms with van der Waals surface area (Å²) in [6.07, 6.45) is 9.90. The molecule has 2 heteroatoms. The fourth-order valence-corrected chi connectivity index (χ4v) is 5.90. The zero-order chi connectivity index (χ0) is 16.6. The first-order valence-electron chi connectivity index (χ1n) is 9.12. The Morgan fingerprint density at radius 2 is 1.82 bits per heavy atom. The van der Waals surface area contributed by atoms with Crippen molar-refractivity contribution in [3.05, 3.63) is 11.6 Å². The molecule has 2 nitrogen and oxygen atoms in total. The summed E-state index contributed by atoms with van der Waals surface area (Å²) in [5.74, 6) is 1.08. The van der Waals surface area contributed by atoms with E-state index in [4.69, 9.17) is 5.11 Å². The van der Waals surface area contributed by atoms with Gasteiger partial charge in [-0.05, 0) is 75.0 Å². The fourth-order valence-electron chi connectivity index (χ4n) is 5.90. The van der Waals surface area contributed by atoms with Gasteiger partial charge in [-0.1, -0.05) is 38.8 Å². The Kier molecular flexibility index (Phi) is 5.14. The van der Waals surface area contributed by atoms with Gasteiger partial charge in [-0.15, -0.1) is 0 Å².